The Hall–Kier alpha value is -1.75. The van der Waals surface area contributed by atoms with Crippen LogP contribution in [0.2, 0.25) is 0 Å². The maximum absolute atomic E-state index is 11.5. The first kappa shape index (κ1) is 15.3. The molecule has 1 aromatic carbocycles. The zero-order valence-corrected chi connectivity index (χ0v) is 11.3. The molecule has 0 aliphatic heterocycles. The van der Waals surface area contributed by atoms with Gasteiger partial charge < -0.3 is 20.9 Å². The maximum Gasteiger partial charge on any atom is 0.257 e. The molecular weight excluding hydrogens is 244 g/mol. The molecule has 0 aliphatic carbocycles. The second kappa shape index (κ2) is 8.37. The molecule has 0 aromatic heterocycles. The van der Waals surface area contributed by atoms with Crippen molar-refractivity contribution in [3.63, 3.8) is 0 Å². The summed E-state index contributed by atoms with van der Waals surface area (Å²) < 4.78 is 5.32. The Morgan fingerprint density at radius 3 is 2.89 bits per heavy atom. The molecule has 1 atom stereocenters. The topological polar surface area (TPSA) is 84.6 Å². The number of ether oxygens (including phenoxy) is 1. The molecule has 5 nitrogen and oxygen atoms in total. The highest BCUT2D eigenvalue weighted by molar-refractivity contribution is 5.77. The summed E-state index contributed by atoms with van der Waals surface area (Å²) in [4.78, 5) is 11.5. The van der Waals surface area contributed by atoms with E-state index in [0.29, 0.717) is 18.0 Å². The van der Waals surface area contributed by atoms with E-state index in [4.69, 9.17) is 15.6 Å². The van der Waals surface area contributed by atoms with E-state index >= 15 is 0 Å². The van der Waals surface area contributed by atoms with Crippen LogP contribution in [0.1, 0.15) is 19.8 Å². The summed E-state index contributed by atoms with van der Waals surface area (Å²) in [6.45, 7) is 2.72. The highest BCUT2D eigenvalue weighted by Crippen LogP contribution is 2.19. The number of aliphatic hydroxyl groups excluding tert-OH is 1. The monoisotopic (exact) mass is 266 g/mol. The predicted molar refractivity (Wildman–Crippen MR) is 74.8 cm³/mol. The molecule has 0 fully saturated rings. The summed E-state index contributed by atoms with van der Waals surface area (Å²) in [6, 6.07) is 7.07. The molecule has 19 heavy (non-hydrogen) atoms. The summed E-state index contributed by atoms with van der Waals surface area (Å²) in [5.41, 5.74) is 6.22. The van der Waals surface area contributed by atoms with Crippen molar-refractivity contribution in [1.82, 2.24) is 5.32 Å². The summed E-state index contributed by atoms with van der Waals surface area (Å²) in [6.07, 6.45) is 1.74. The van der Waals surface area contributed by atoms with Crippen molar-refractivity contribution >= 4 is 11.6 Å². The fourth-order valence-electron chi connectivity index (χ4n) is 1.58. The molecule has 0 bridgehead atoms. The minimum Gasteiger partial charge on any atom is -0.482 e. The summed E-state index contributed by atoms with van der Waals surface area (Å²) in [7, 11) is 0. The van der Waals surface area contributed by atoms with Crippen LogP contribution in [0.25, 0.3) is 0 Å². The molecule has 1 unspecified atom stereocenters. The SMILES string of the molecule is CC(CO)CCCNC(=O)COc1ccccc1N. The first-order valence-electron chi connectivity index (χ1n) is 6.48. The molecule has 106 valence electrons. The van der Waals surface area contributed by atoms with Gasteiger partial charge in [-0.05, 0) is 30.9 Å². The van der Waals surface area contributed by atoms with E-state index in [2.05, 4.69) is 5.32 Å². The number of aliphatic hydroxyl groups is 1. The number of hydrogen-bond donors (Lipinski definition) is 3. The normalized spacial score (nSPS) is 11.9. The summed E-state index contributed by atoms with van der Waals surface area (Å²) in [5.74, 6) is 0.628. The first-order valence-corrected chi connectivity index (χ1v) is 6.48. The molecule has 4 N–H and O–H groups in total. The van der Waals surface area contributed by atoms with Crippen molar-refractivity contribution in [1.29, 1.82) is 0 Å². The molecule has 1 aromatic rings. The van der Waals surface area contributed by atoms with Crippen LogP contribution >= 0.6 is 0 Å². The highest BCUT2D eigenvalue weighted by atomic mass is 16.5. The number of nitrogen functional groups attached to an aromatic ring is 1. The van der Waals surface area contributed by atoms with Crippen molar-refractivity contribution < 1.29 is 14.6 Å². The number of hydrogen-bond acceptors (Lipinski definition) is 4. The fraction of sp³-hybridized carbons (Fsp3) is 0.500. The molecule has 0 spiro atoms. The van der Waals surface area contributed by atoms with Gasteiger partial charge in [0.15, 0.2) is 6.61 Å². The average Bonchev–Trinajstić information content (AvgIpc) is 2.42. The van der Waals surface area contributed by atoms with E-state index < -0.39 is 0 Å². The first-order chi connectivity index (χ1) is 9.13. The molecule has 5 heteroatoms. The van der Waals surface area contributed by atoms with Crippen molar-refractivity contribution in [3.8, 4) is 5.75 Å². The van der Waals surface area contributed by atoms with E-state index in [1.165, 1.54) is 0 Å². The van der Waals surface area contributed by atoms with Crippen molar-refractivity contribution in [2.75, 3.05) is 25.5 Å². The van der Waals surface area contributed by atoms with Crippen molar-refractivity contribution in [2.45, 2.75) is 19.8 Å². The maximum atomic E-state index is 11.5. The van der Waals surface area contributed by atoms with Crippen LogP contribution in [-0.2, 0) is 4.79 Å². The van der Waals surface area contributed by atoms with E-state index in [-0.39, 0.29) is 25.0 Å². The lowest BCUT2D eigenvalue weighted by molar-refractivity contribution is -0.123. The third-order valence-electron chi connectivity index (χ3n) is 2.79. The van der Waals surface area contributed by atoms with Crippen LogP contribution in [-0.4, -0.2) is 30.8 Å². The number of benzene rings is 1. The molecule has 0 saturated heterocycles. The van der Waals surface area contributed by atoms with Crippen molar-refractivity contribution in [2.24, 2.45) is 5.92 Å². The summed E-state index contributed by atoms with van der Waals surface area (Å²) in [5, 5.41) is 11.6. The molecule has 1 amide bonds. The minimum absolute atomic E-state index is 0.0379. The quantitative estimate of drug-likeness (QED) is 0.487. The second-order valence-corrected chi connectivity index (χ2v) is 4.61. The van der Waals surface area contributed by atoms with Gasteiger partial charge in [-0.15, -0.1) is 0 Å². The van der Waals surface area contributed by atoms with Gasteiger partial charge in [-0.3, -0.25) is 4.79 Å². The van der Waals surface area contributed by atoms with Gasteiger partial charge in [0.05, 0.1) is 5.69 Å². The lowest BCUT2D eigenvalue weighted by Gasteiger charge is -2.10. The van der Waals surface area contributed by atoms with Gasteiger partial charge in [-0.1, -0.05) is 19.1 Å². The molecule has 0 aliphatic rings. The zero-order valence-electron chi connectivity index (χ0n) is 11.3. The Balaban J connectivity index is 2.16. The second-order valence-electron chi connectivity index (χ2n) is 4.61. The Labute approximate surface area is 113 Å². The minimum atomic E-state index is -0.167. The Kier molecular flexibility index (Phi) is 6.74. The Morgan fingerprint density at radius 2 is 2.21 bits per heavy atom. The van der Waals surface area contributed by atoms with Gasteiger partial charge in [-0.2, -0.15) is 0 Å². The van der Waals surface area contributed by atoms with E-state index in [1.807, 2.05) is 13.0 Å². The number of nitrogens with one attached hydrogen (secondary N) is 1. The van der Waals surface area contributed by atoms with Crippen LogP contribution in [0.4, 0.5) is 5.69 Å². The largest absolute Gasteiger partial charge is 0.482 e. The highest BCUT2D eigenvalue weighted by Gasteiger charge is 2.05. The van der Waals surface area contributed by atoms with E-state index in [1.54, 1.807) is 18.2 Å². The van der Waals surface area contributed by atoms with Gasteiger partial charge in [0.1, 0.15) is 5.75 Å². The smallest absolute Gasteiger partial charge is 0.257 e. The van der Waals surface area contributed by atoms with Gasteiger partial charge in [0, 0.05) is 13.2 Å². The molecule has 0 saturated carbocycles. The van der Waals surface area contributed by atoms with E-state index in [9.17, 15) is 4.79 Å². The number of nitrogens with two attached hydrogens (primary N) is 1. The van der Waals surface area contributed by atoms with Gasteiger partial charge in [0.2, 0.25) is 0 Å². The number of rotatable bonds is 8. The molecule has 0 radical (unpaired) electrons. The Morgan fingerprint density at radius 1 is 1.47 bits per heavy atom. The lowest BCUT2D eigenvalue weighted by Crippen LogP contribution is -2.30. The molecular formula is C14H22N2O3. The fourth-order valence-corrected chi connectivity index (χ4v) is 1.58. The van der Waals surface area contributed by atoms with Gasteiger partial charge in [-0.25, -0.2) is 0 Å². The van der Waals surface area contributed by atoms with Crippen LogP contribution in [0.15, 0.2) is 24.3 Å². The van der Waals surface area contributed by atoms with Gasteiger partial charge in [0.25, 0.3) is 5.91 Å². The number of amides is 1. The predicted octanol–water partition coefficient (Wildman–Crippen LogP) is 1.17. The molecule has 0 heterocycles. The number of para-hydroxylation sites is 2. The average molecular weight is 266 g/mol. The number of carbonyl (C=O) groups excluding carboxylic acids is 1. The third kappa shape index (κ3) is 6.10. The van der Waals surface area contributed by atoms with E-state index in [0.717, 1.165) is 12.8 Å². The summed E-state index contributed by atoms with van der Waals surface area (Å²) >= 11 is 0. The lowest BCUT2D eigenvalue weighted by atomic mass is 10.1. The molecule has 1 rings (SSSR count). The standard InChI is InChI=1S/C14H22N2O3/c1-11(9-17)5-4-8-16-14(18)10-19-13-7-3-2-6-12(13)15/h2-3,6-7,11,17H,4-5,8-10,15H2,1H3,(H,16,18). The Bertz CT molecular complexity index is 396. The van der Waals surface area contributed by atoms with Crippen molar-refractivity contribution in [3.05, 3.63) is 24.3 Å². The van der Waals surface area contributed by atoms with Crippen LogP contribution in [0.3, 0.4) is 0 Å². The number of anilines is 1. The van der Waals surface area contributed by atoms with Crippen LogP contribution in [0.5, 0.6) is 5.75 Å². The van der Waals surface area contributed by atoms with Crippen LogP contribution < -0.4 is 15.8 Å². The van der Waals surface area contributed by atoms with Gasteiger partial charge >= 0.3 is 0 Å². The van der Waals surface area contributed by atoms with Crippen LogP contribution in [0, 0.1) is 5.92 Å². The zero-order chi connectivity index (χ0) is 14.1. The number of carbonyl (C=O) groups is 1. The third-order valence-corrected chi connectivity index (χ3v) is 2.79.